The molecule has 1 fully saturated rings. The lowest BCUT2D eigenvalue weighted by Crippen LogP contribution is -2.52. The fraction of sp³-hybridized carbons (Fsp3) is 0.533. The molecular weight excluding hydrogens is 257 g/mol. The van der Waals surface area contributed by atoms with Gasteiger partial charge in [-0.15, -0.1) is 0 Å². The molecule has 0 bridgehead atoms. The van der Waals surface area contributed by atoms with Gasteiger partial charge in [0.05, 0.1) is 6.04 Å². The van der Waals surface area contributed by atoms with E-state index in [2.05, 4.69) is 10.2 Å². The minimum Gasteiger partial charge on any atom is -0.338 e. The number of nitrogens with zero attached hydrogens (tertiary/aromatic N) is 2. The van der Waals surface area contributed by atoms with E-state index in [0.29, 0.717) is 13.1 Å². The molecule has 1 aliphatic heterocycles. The summed E-state index contributed by atoms with van der Waals surface area (Å²) in [5.41, 5.74) is 1.04. The topological polar surface area (TPSA) is 35.6 Å². The van der Waals surface area contributed by atoms with E-state index in [0.717, 1.165) is 25.1 Å². The minimum atomic E-state index is -0.232. The SMILES string of the molecule is CCCNC(=O)N1CCN(C)C(c2ccc(F)cc2)C1. The lowest BCUT2D eigenvalue weighted by atomic mass is 10.0. The highest BCUT2D eigenvalue weighted by atomic mass is 19.1. The number of carbonyl (C=O) groups is 1. The quantitative estimate of drug-likeness (QED) is 0.921. The predicted molar refractivity (Wildman–Crippen MR) is 77.0 cm³/mol. The average Bonchev–Trinajstić information content (AvgIpc) is 2.46. The van der Waals surface area contributed by atoms with Gasteiger partial charge in [-0.05, 0) is 31.2 Å². The Morgan fingerprint density at radius 1 is 1.35 bits per heavy atom. The Labute approximate surface area is 119 Å². The number of amides is 2. The number of urea groups is 1. The van der Waals surface area contributed by atoms with Crippen LogP contribution in [0.4, 0.5) is 9.18 Å². The Kier molecular flexibility index (Phi) is 4.95. The number of halogens is 1. The molecule has 1 heterocycles. The molecule has 1 N–H and O–H groups in total. The number of likely N-dealkylation sites (N-methyl/N-ethyl adjacent to an activating group) is 1. The van der Waals surface area contributed by atoms with Gasteiger partial charge in [0.25, 0.3) is 0 Å². The molecule has 0 spiro atoms. The molecule has 1 aromatic carbocycles. The monoisotopic (exact) mass is 279 g/mol. The maximum atomic E-state index is 13.0. The first kappa shape index (κ1) is 14.8. The minimum absolute atomic E-state index is 0.00735. The molecule has 1 saturated heterocycles. The fourth-order valence-electron chi connectivity index (χ4n) is 2.45. The van der Waals surface area contributed by atoms with Crippen molar-refractivity contribution < 1.29 is 9.18 Å². The molecule has 5 heteroatoms. The molecule has 2 rings (SSSR count). The molecule has 0 radical (unpaired) electrons. The number of hydrogen-bond donors (Lipinski definition) is 1. The smallest absolute Gasteiger partial charge is 0.317 e. The van der Waals surface area contributed by atoms with E-state index in [1.165, 1.54) is 12.1 Å². The van der Waals surface area contributed by atoms with Gasteiger partial charge in [-0.1, -0.05) is 19.1 Å². The Balaban J connectivity index is 2.04. The predicted octanol–water partition coefficient (Wildman–Crippen LogP) is 2.23. The van der Waals surface area contributed by atoms with Gasteiger partial charge in [-0.3, -0.25) is 4.90 Å². The largest absolute Gasteiger partial charge is 0.338 e. The van der Waals surface area contributed by atoms with Crippen LogP contribution in [0.1, 0.15) is 24.9 Å². The standard InChI is InChI=1S/C15H22FN3O/c1-3-8-17-15(20)19-10-9-18(2)14(11-19)12-4-6-13(16)7-5-12/h4-7,14H,3,8-11H2,1-2H3,(H,17,20). The van der Waals surface area contributed by atoms with Gasteiger partial charge in [0.15, 0.2) is 0 Å². The normalized spacial score (nSPS) is 19.9. The number of rotatable bonds is 3. The van der Waals surface area contributed by atoms with Crippen molar-refractivity contribution in [2.45, 2.75) is 19.4 Å². The third-order valence-electron chi connectivity index (χ3n) is 3.72. The van der Waals surface area contributed by atoms with E-state index >= 15 is 0 Å². The lowest BCUT2D eigenvalue weighted by Gasteiger charge is -2.39. The summed E-state index contributed by atoms with van der Waals surface area (Å²) in [6.45, 7) is 4.92. The van der Waals surface area contributed by atoms with Gasteiger partial charge >= 0.3 is 6.03 Å². The summed E-state index contributed by atoms with van der Waals surface area (Å²) in [5.74, 6) is -0.232. The van der Waals surface area contributed by atoms with E-state index in [1.54, 1.807) is 12.1 Å². The van der Waals surface area contributed by atoms with Crippen LogP contribution in [-0.2, 0) is 0 Å². The Morgan fingerprint density at radius 2 is 2.05 bits per heavy atom. The molecule has 1 aromatic rings. The average molecular weight is 279 g/mol. The first-order valence-corrected chi connectivity index (χ1v) is 7.10. The summed E-state index contributed by atoms with van der Waals surface area (Å²) in [4.78, 5) is 16.1. The van der Waals surface area contributed by atoms with Crippen molar-refractivity contribution >= 4 is 6.03 Å². The number of piperazine rings is 1. The van der Waals surface area contributed by atoms with E-state index in [4.69, 9.17) is 0 Å². The molecule has 0 aliphatic carbocycles. The van der Waals surface area contributed by atoms with Gasteiger partial charge in [0.1, 0.15) is 5.82 Å². The molecule has 4 nitrogen and oxygen atoms in total. The first-order valence-electron chi connectivity index (χ1n) is 7.10. The van der Waals surface area contributed by atoms with Crippen molar-refractivity contribution in [1.29, 1.82) is 0 Å². The zero-order chi connectivity index (χ0) is 14.5. The summed E-state index contributed by atoms with van der Waals surface area (Å²) in [5, 5.41) is 2.91. The maximum Gasteiger partial charge on any atom is 0.317 e. The summed E-state index contributed by atoms with van der Waals surface area (Å²) < 4.78 is 13.0. The van der Waals surface area contributed by atoms with Crippen LogP contribution in [-0.4, -0.2) is 49.1 Å². The molecule has 20 heavy (non-hydrogen) atoms. The van der Waals surface area contributed by atoms with Crippen molar-refractivity contribution in [1.82, 2.24) is 15.1 Å². The zero-order valence-electron chi connectivity index (χ0n) is 12.1. The van der Waals surface area contributed by atoms with Gasteiger partial charge in [0, 0.05) is 26.2 Å². The van der Waals surface area contributed by atoms with Gasteiger partial charge in [-0.25, -0.2) is 9.18 Å². The Hall–Kier alpha value is -1.62. The molecule has 0 saturated carbocycles. The molecular formula is C15H22FN3O. The van der Waals surface area contributed by atoms with Crippen LogP contribution in [0.5, 0.6) is 0 Å². The third kappa shape index (κ3) is 3.48. The van der Waals surface area contributed by atoms with Crippen LogP contribution >= 0.6 is 0 Å². The fourth-order valence-corrected chi connectivity index (χ4v) is 2.45. The first-order chi connectivity index (χ1) is 9.61. The van der Waals surface area contributed by atoms with Crippen molar-refractivity contribution in [2.75, 3.05) is 33.2 Å². The number of carbonyl (C=O) groups excluding carboxylic acids is 1. The maximum absolute atomic E-state index is 13.0. The van der Waals surface area contributed by atoms with E-state index in [-0.39, 0.29) is 17.9 Å². The van der Waals surface area contributed by atoms with Crippen LogP contribution in [0.15, 0.2) is 24.3 Å². The highest BCUT2D eigenvalue weighted by Gasteiger charge is 2.28. The van der Waals surface area contributed by atoms with E-state index in [9.17, 15) is 9.18 Å². The highest BCUT2D eigenvalue weighted by Crippen LogP contribution is 2.24. The highest BCUT2D eigenvalue weighted by molar-refractivity contribution is 5.74. The van der Waals surface area contributed by atoms with Crippen LogP contribution in [0.2, 0.25) is 0 Å². The molecule has 1 unspecified atom stereocenters. The number of hydrogen-bond acceptors (Lipinski definition) is 2. The molecule has 110 valence electrons. The van der Waals surface area contributed by atoms with Crippen molar-refractivity contribution in [3.05, 3.63) is 35.6 Å². The van der Waals surface area contributed by atoms with Crippen molar-refractivity contribution in [2.24, 2.45) is 0 Å². The molecule has 1 aliphatic rings. The zero-order valence-corrected chi connectivity index (χ0v) is 12.1. The summed E-state index contributed by atoms with van der Waals surface area (Å²) in [7, 11) is 2.04. The second kappa shape index (κ2) is 6.70. The molecule has 1 atom stereocenters. The molecule has 0 aromatic heterocycles. The van der Waals surface area contributed by atoms with Crippen molar-refractivity contribution in [3.63, 3.8) is 0 Å². The van der Waals surface area contributed by atoms with Crippen LogP contribution in [0.25, 0.3) is 0 Å². The van der Waals surface area contributed by atoms with Gasteiger partial charge in [0.2, 0.25) is 0 Å². The Morgan fingerprint density at radius 3 is 2.70 bits per heavy atom. The summed E-state index contributed by atoms with van der Waals surface area (Å²) >= 11 is 0. The lowest BCUT2D eigenvalue weighted by molar-refractivity contribution is 0.110. The number of benzene rings is 1. The second-order valence-electron chi connectivity index (χ2n) is 5.23. The van der Waals surface area contributed by atoms with Crippen LogP contribution in [0.3, 0.4) is 0 Å². The Bertz CT molecular complexity index is 449. The van der Waals surface area contributed by atoms with Crippen LogP contribution < -0.4 is 5.32 Å². The van der Waals surface area contributed by atoms with Crippen LogP contribution in [0, 0.1) is 5.82 Å². The van der Waals surface area contributed by atoms with Crippen molar-refractivity contribution in [3.8, 4) is 0 Å². The number of nitrogens with one attached hydrogen (secondary N) is 1. The van der Waals surface area contributed by atoms with E-state index in [1.807, 2.05) is 18.9 Å². The van der Waals surface area contributed by atoms with Gasteiger partial charge < -0.3 is 10.2 Å². The third-order valence-corrected chi connectivity index (χ3v) is 3.72. The molecule has 2 amide bonds. The summed E-state index contributed by atoms with van der Waals surface area (Å²) in [6, 6.07) is 6.65. The van der Waals surface area contributed by atoms with E-state index < -0.39 is 0 Å². The second-order valence-corrected chi connectivity index (χ2v) is 5.23. The van der Waals surface area contributed by atoms with Gasteiger partial charge in [-0.2, -0.15) is 0 Å². The summed E-state index contributed by atoms with van der Waals surface area (Å²) in [6.07, 6.45) is 0.931.